The zero-order valence-electron chi connectivity index (χ0n) is 22.5. The molecule has 8 bridgehead atoms. The van der Waals surface area contributed by atoms with Gasteiger partial charge in [0.05, 0.1) is 0 Å². The predicted octanol–water partition coefficient (Wildman–Crippen LogP) is 6.85. The smallest absolute Gasteiger partial charge is 0.214 e. The number of H-pyrrole nitrogens is 1. The molecular weight excluding hydrogens is 523 g/mol. The van der Waals surface area contributed by atoms with Gasteiger partial charge < -0.3 is 15.6 Å². The number of aromatic amines is 1. The number of rotatable bonds is 5. The van der Waals surface area contributed by atoms with E-state index in [1.807, 2.05) is 12.1 Å². The summed E-state index contributed by atoms with van der Waals surface area (Å²) in [5.74, 6) is 5.83. The summed E-state index contributed by atoms with van der Waals surface area (Å²) in [5, 5.41) is 18.7. The maximum absolute atomic E-state index is 5.80. The molecular formula is C30H39N7S2. The lowest BCUT2D eigenvalue weighted by Gasteiger charge is -2.57. The standard InChI is InChI=1S/C30H39N7S2/c38-27(32-29-11-17-5-18(12-29)7-19(6-17)13-29)36-34-25-23-3-1-2-4-24(23)31-26(25)35-37-28(39)33-30-14-20-8-21(15-30)10-22(9-20)16-30/h1-4,17-22,31,34H,5-16H2,(H,33,39)(H2,32,36,38)/b37-35+. The second kappa shape index (κ2) is 9.13. The van der Waals surface area contributed by atoms with Crippen LogP contribution in [0.15, 0.2) is 34.5 Å². The van der Waals surface area contributed by atoms with Gasteiger partial charge in [-0.15, -0.1) is 10.2 Å². The van der Waals surface area contributed by atoms with Crippen LogP contribution in [0.25, 0.3) is 10.9 Å². The first-order valence-corrected chi connectivity index (χ1v) is 15.9. The van der Waals surface area contributed by atoms with E-state index < -0.39 is 0 Å². The maximum atomic E-state index is 5.80. The van der Waals surface area contributed by atoms with Crippen molar-refractivity contribution in [1.82, 2.24) is 21.0 Å². The summed E-state index contributed by atoms with van der Waals surface area (Å²) in [6.45, 7) is 0. The van der Waals surface area contributed by atoms with Gasteiger partial charge in [0.25, 0.3) is 0 Å². The first-order valence-electron chi connectivity index (χ1n) is 15.1. The van der Waals surface area contributed by atoms with Crippen LogP contribution in [0.1, 0.15) is 77.0 Å². The van der Waals surface area contributed by atoms with Crippen LogP contribution in [0.5, 0.6) is 0 Å². The number of hydrogen-bond acceptors (Lipinski definition) is 4. The highest BCUT2D eigenvalue weighted by molar-refractivity contribution is 7.80. The Morgan fingerprint density at radius 2 is 1.26 bits per heavy atom. The molecule has 2 aromatic rings. The first-order chi connectivity index (χ1) is 18.9. The highest BCUT2D eigenvalue weighted by atomic mass is 32.1. The van der Waals surface area contributed by atoms with E-state index >= 15 is 0 Å². The van der Waals surface area contributed by atoms with E-state index in [-0.39, 0.29) is 11.1 Å². The lowest BCUT2D eigenvalue weighted by Crippen LogP contribution is -2.61. The third kappa shape index (κ3) is 4.53. The van der Waals surface area contributed by atoms with Crippen LogP contribution in [-0.2, 0) is 0 Å². The molecule has 39 heavy (non-hydrogen) atoms. The van der Waals surface area contributed by atoms with E-state index in [9.17, 15) is 0 Å². The Labute approximate surface area is 241 Å². The molecule has 10 rings (SSSR count). The predicted molar refractivity (Wildman–Crippen MR) is 163 cm³/mol. The van der Waals surface area contributed by atoms with Gasteiger partial charge in [0.15, 0.2) is 10.9 Å². The molecule has 1 aromatic carbocycles. The SMILES string of the molecule is S=C(/N=N/c1[nH]c2ccccc2c1NNC(=S)NC12CC3CC(CC(C3)C1)C2)NC12CC3CC(CC(C3)C1)C2. The van der Waals surface area contributed by atoms with Gasteiger partial charge in [-0.05, 0) is 143 Å². The minimum Gasteiger partial charge on any atom is -0.356 e. The van der Waals surface area contributed by atoms with Crippen molar-refractivity contribution in [1.29, 1.82) is 0 Å². The number of hydrazine groups is 1. The lowest BCUT2D eigenvalue weighted by molar-refractivity contribution is -0.0102. The van der Waals surface area contributed by atoms with E-state index in [4.69, 9.17) is 24.4 Å². The molecule has 1 aromatic heterocycles. The average Bonchev–Trinajstić information content (AvgIpc) is 3.21. The second-order valence-electron chi connectivity index (χ2n) is 14.1. The lowest BCUT2D eigenvalue weighted by atomic mass is 9.53. The van der Waals surface area contributed by atoms with Crippen LogP contribution in [-0.4, -0.2) is 26.3 Å². The third-order valence-corrected chi connectivity index (χ3v) is 11.4. The van der Waals surface area contributed by atoms with Crippen molar-refractivity contribution >= 4 is 57.1 Å². The number of para-hydroxylation sites is 1. The molecule has 9 heteroatoms. The van der Waals surface area contributed by atoms with Crippen LogP contribution in [0, 0.1) is 35.5 Å². The number of aromatic nitrogens is 1. The molecule has 5 N–H and O–H groups in total. The van der Waals surface area contributed by atoms with E-state index in [1.165, 1.54) is 77.0 Å². The Bertz CT molecular complexity index is 1280. The van der Waals surface area contributed by atoms with Gasteiger partial charge in [-0.2, -0.15) is 0 Å². The second-order valence-corrected chi connectivity index (χ2v) is 14.9. The molecule has 8 aliphatic rings. The number of fused-ring (bicyclic) bond motifs is 1. The number of nitrogens with zero attached hydrogens (tertiary/aromatic N) is 2. The van der Waals surface area contributed by atoms with Crippen molar-refractivity contribution in [3.05, 3.63) is 24.3 Å². The summed E-state index contributed by atoms with van der Waals surface area (Å²) in [6.07, 6.45) is 15.9. The van der Waals surface area contributed by atoms with Gasteiger partial charge in [0.1, 0.15) is 5.69 Å². The molecule has 8 saturated carbocycles. The van der Waals surface area contributed by atoms with Gasteiger partial charge in [-0.3, -0.25) is 10.9 Å². The van der Waals surface area contributed by atoms with Crippen molar-refractivity contribution in [3.63, 3.8) is 0 Å². The molecule has 8 aliphatic carbocycles. The minimum atomic E-state index is 0.128. The van der Waals surface area contributed by atoms with Crippen LogP contribution in [0.4, 0.5) is 11.5 Å². The summed E-state index contributed by atoms with van der Waals surface area (Å²) in [7, 11) is 0. The zero-order valence-corrected chi connectivity index (χ0v) is 24.1. The summed E-state index contributed by atoms with van der Waals surface area (Å²) in [6, 6.07) is 8.19. The van der Waals surface area contributed by atoms with Crippen molar-refractivity contribution in [3.8, 4) is 0 Å². The van der Waals surface area contributed by atoms with Crippen molar-refractivity contribution in [2.24, 2.45) is 45.7 Å². The topological polar surface area (TPSA) is 88.6 Å². The molecule has 0 radical (unpaired) electrons. The Balaban J connectivity index is 0.961. The fourth-order valence-electron chi connectivity index (χ4n) is 10.6. The molecule has 0 amide bonds. The van der Waals surface area contributed by atoms with E-state index in [0.29, 0.717) is 16.0 Å². The molecule has 0 atom stereocenters. The van der Waals surface area contributed by atoms with Crippen molar-refractivity contribution < 1.29 is 0 Å². The Morgan fingerprint density at radius 3 is 1.82 bits per heavy atom. The van der Waals surface area contributed by atoms with Gasteiger partial charge in [0.2, 0.25) is 5.11 Å². The minimum absolute atomic E-state index is 0.128. The van der Waals surface area contributed by atoms with Crippen LogP contribution >= 0.6 is 24.4 Å². The summed E-state index contributed by atoms with van der Waals surface area (Å²) < 4.78 is 0. The largest absolute Gasteiger partial charge is 0.356 e. The third-order valence-electron chi connectivity index (χ3n) is 11.1. The molecule has 0 unspecified atom stereocenters. The number of hydrogen-bond donors (Lipinski definition) is 5. The molecule has 206 valence electrons. The Hall–Kier alpha value is -2.26. The number of thiocarbonyl (C=S) groups is 2. The van der Waals surface area contributed by atoms with Gasteiger partial charge in [-0.25, -0.2) is 0 Å². The van der Waals surface area contributed by atoms with Gasteiger partial charge in [-0.1, -0.05) is 18.2 Å². The van der Waals surface area contributed by atoms with Gasteiger partial charge >= 0.3 is 0 Å². The molecule has 1 heterocycles. The maximum Gasteiger partial charge on any atom is 0.214 e. The van der Waals surface area contributed by atoms with E-state index in [0.717, 1.165) is 52.1 Å². The zero-order chi connectivity index (χ0) is 26.2. The summed E-state index contributed by atoms with van der Waals surface area (Å²) >= 11 is 11.5. The summed E-state index contributed by atoms with van der Waals surface area (Å²) in [4.78, 5) is 3.42. The van der Waals surface area contributed by atoms with Crippen molar-refractivity contribution in [2.45, 2.75) is 88.1 Å². The number of benzene rings is 1. The molecule has 0 spiro atoms. The van der Waals surface area contributed by atoms with E-state index in [1.54, 1.807) is 0 Å². The number of anilines is 1. The molecule has 0 aliphatic heterocycles. The Morgan fingerprint density at radius 1 is 0.744 bits per heavy atom. The molecule has 7 nitrogen and oxygen atoms in total. The first kappa shape index (κ1) is 24.5. The summed E-state index contributed by atoms with van der Waals surface area (Å²) in [5.41, 5.74) is 8.77. The average molecular weight is 562 g/mol. The molecule has 0 saturated heterocycles. The Kier molecular flexibility index (Phi) is 5.74. The van der Waals surface area contributed by atoms with Gasteiger partial charge in [0, 0.05) is 22.0 Å². The van der Waals surface area contributed by atoms with Crippen LogP contribution in [0.2, 0.25) is 0 Å². The quantitative estimate of drug-likeness (QED) is 0.156. The molecule has 8 fully saturated rings. The van der Waals surface area contributed by atoms with Crippen molar-refractivity contribution in [2.75, 3.05) is 5.43 Å². The fourth-order valence-corrected chi connectivity index (χ4v) is 11.1. The normalized spacial score (nSPS) is 39.4. The van der Waals surface area contributed by atoms with E-state index in [2.05, 4.69) is 48.8 Å². The van der Waals surface area contributed by atoms with Crippen LogP contribution in [0.3, 0.4) is 0 Å². The monoisotopic (exact) mass is 561 g/mol. The highest BCUT2D eigenvalue weighted by Crippen LogP contribution is 2.56. The number of nitrogens with one attached hydrogen (secondary N) is 5. The number of azo groups is 1. The fraction of sp³-hybridized carbons (Fsp3) is 0.667. The highest BCUT2D eigenvalue weighted by Gasteiger charge is 2.52. The van der Waals surface area contributed by atoms with Crippen LogP contribution < -0.4 is 21.5 Å².